The van der Waals surface area contributed by atoms with Crippen LogP contribution in [0.1, 0.15) is 57.4 Å². The second kappa shape index (κ2) is 7.47. The lowest BCUT2D eigenvalue weighted by Crippen LogP contribution is -2.30. The summed E-state index contributed by atoms with van der Waals surface area (Å²) in [4.78, 5) is 26.7. The molecule has 1 atom stereocenters. The molecule has 0 unspecified atom stereocenters. The molecule has 1 aliphatic carbocycles. The second-order valence-electron chi connectivity index (χ2n) is 8.12. The summed E-state index contributed by atoms with van der Waals surface area (Å²) in [6.45, 7) is 9.04. The van der Waals surface area contributed by atoms with Gasteiger partial charge >= 0.3 is 5.97 Å². The molecule has 0 spiro atoms. The van der Waals surface area contributed by atoms with Gasteiger partial charge in [-0.1, -0.05) is 39.3 Å². The van der Waals surface area contributed by atoms with Crippen molar-refractivity contribution in [1.82, 2.24) is 15.0 Å². The summed E-state index contributed by atoms with van der Waals surface area (Å²) in [6, 6.07) is 0. The summed E-state index contributed by atoms with van der Waals surface area (Å²) < 4.78 is 6.27. The molecule has 2 aromatic rings. The van der Waals surface area contributed by atoms with Crippen molar-refractivity contribution in [3.63, 3.8) is 0 Å². The van der Waals surface area contributed by atoms with Gasteiger partial charge in [0.1, 0.15) is 6.54 Å². The lowest BCUT2D eigenvalue weighted by Gasteiger charge is -2.33. The maximum Gasteiger partial charge on any atom is 0.327 e. The van der Waals surface area contributed by atoms with Crippen LogP contribution in [0.15, 0.2) is 4.79 Å². The van der Waals surface area contributed by atoms with Gasteiger partial charge in [0.2, 0.25) is 0 Å². The average molecular weight is 378 g/mol. The Kier molecular flexibility index (Phi) is 5.46. The fraction of sp³-hybridized carbons (Fsp3) is 0.684. The van der Waals surface area contributed by atoms with E-state index >= 15 is 0 Å². The number of hydrogen-bond acceptors (Lipinski definition) is 6. The van der Waals surface area contributed by atoms with Gasteiger partial charge in [-0.25, -0.2) is 0 Å². The van der Waals surface area contributed by atoms with Gasteiger partial charge in [-0.3, -0.25) is 9.59 Å². The van der Waals surface area contributed by atoms with E-state index in [1.807, 2.05) is 6.92 Å². The number of esters is 1. The average Bonchev–Trinajstić information content (AvgIpc) is 2.95. The van der Waals surface area contributed by atoms with Crippen molar-refractivity contribution < 1.29 is 9.53 Å². The summed E-state index contributed by atoms with van der Waals surface area (Å²) in [5, 5.41) is 8.80. The lowest BCUT2D eigenvalue weighted by atomic mass is 9.72. The van der Waals surface area contributed by atoms with Gasteiger partial charge in [-0.05, 0) is 42.6 Å². The number of carbonyl (C=O) groups excluding carboxylic acids is 1. The fourth-order valence-electron chi connectivity index (χ4n) is 3.47. The van der Waals surface area contributed by atoms with Gasteiger partial charge in [0, 0.05) is 4.88 Å². The van der Waals surface area contributed by atoms with Crippen molar-refractivity contribution in [2.75, 3.05) is 6.61 Å². The highest BCUT2D eigenvalue weighted by Crippen LogP contribution is 2.41. The molecule has 0 N–H and O–H groups in total. The van der Waals surface area contributed by atoms with Crippen molar-refractivity contribution in [1.29, 1.82) is 0 Å². The molecule has 0 radical (unpaired) electrons. The first-order valence-electron chi connectivity index (χ1n) is 9.35. The minimum absolute atomic E-state index is 0.180. The van der Waals surface area contributed by atoms with Crippen LogP contribution >= 0.6 is 11.3 Å². The Hall–Kier alpha value is -1.76. The number of ether oxygens (including phenoxy) is 1. The zero-order chi connectivity index (χ0) is 18.9. The molecular formula is C19H27N3O3S. The molecular weight excluding hydrogens is 350 g/mol. The summed E-state index contributed by atoms with van der Waals surface area (Å²) in [6.07, 6.45) is 4.72. The molecule has 0 amide bonds. The maximum absolute atomic E-state index is 12.9. The van der Waals surface area contributed by atoms with Crippen molar-refractivity contribution in [3.8, 4) is 0 Å². The van der Waals surface area contributed by atoms with E-state index in [2.05, 4.69) is 31.1 Å². The number of fused-ring (bicyclic) bond motifs is 3. The van der Waals surface area contributed by atoms with E-state index in [1.165, 1.54) is 4.88 Å². The van der Waals surface area contributed by atoms with E-state index in [-0.39, 0.29) is 17.5 Å². The lowest BCUT2D eigenvalue weighted by molar-refractivity contribution is -0.144. The number of unbranched alkanes of at least 4 members (excludes halogenated alkanes) is 1. The first kappa shape index (κ1) is 19.0. The van der Waals surface area contributed by atoms with Crippen LogP contribution in [0, 0.1) is 11.3 Å². The Morgan fingerprint density at radius 2 is 2.15 bits per heavy atom. The summed E-state index contributed by atoms with van der Waals surface area (Å²) in [5.74, 6) is 0.165. The molecule has 26 heavy (non-hydrogen) atoms. The van der Waals surface area contributed by atoms with Crippen LogP contribution in [0.25, 0.3) is 10.2 Å². The highest BCUT2D eigenvalue weighted by Gasteiger charge is 2.32. The number of aryl methyl sites for hydroxylation is 1. The van der Waals surface area contributed by atoms with Gasteiger partial charge < -0.3 is 4.74 Å². The molecule has 1 aliphatic rings. The molecule has 6 nitrogen and oxygen atoms in total. The van der Waals surface area contributed by atoms with E-state index in [0.717, 1.165) is 42.3 Å². The van der Waals surface area contributed by atoms with Crippen LogP contribution in [0.5, 0.6) is 0 Å². The van der Waals surface area contributed by atoms with Crippen LogP contribution in [-0.4, -0.2) is 27.6 Å². The Balaban J connectivity index is 1.86. The Morgan fingerprint density at radius 1 is 1.38 bits per heavy atom. The number of rotatable bonds is 5. The third kappa shape index (κ3) is 3.82. The molecule has 7 heteroatoms. The Labute approximate surface area is 157 Å². The SMILES string of the molecule is CCCCOC(=O)Cn1nnc2sc3c(c2c1=O)CC[C@@H](C(C)(C)C)C3. The minimum Gasteiger partial charge on any atom is -0.464 e. The molecule has 2 aromatic heterocycles. The van der Waals surface area contributed by atoms with Crippen molar-refractivity contribution in [3.05, 3.63) is 20.8 Å². The highest BCUT2D eigenvalue weighted by atomic mass is 32.1. The van der Waals surface area contributed by atoms with Gasteiger partial charge in [-0.15, -0.1) is 16.4 Å². The molecule has 142 valence electrons. The third-order valence-corrected chi connectivity index (χ3v) is 6.34. The van der Waals surface area contributed by atoms with Crippen LogP contribution in [0.3, 0.4) is 0 Å². The van der Waals surface area contributed by atoms with Crippen LogP contribution < -0.4 is 5.56 Å². The summed E-state index contributed by atoms with van der Waals surface area (Å²) >= 11 is 1.58. The summed E-state index contributed by atoms with van der Waals surface area (Å²) in [5.41, 5.74) is 1.13. The van der Waals surface area contributed by atoms with Crippen LogP contribution in [0.4, 0.5) is 0 Å². The third-order valence-electron chi connectivity index (χ3n) is 5.20. The number of aromatic nitrogens is 3. The molecule has 0 bridgehead atoms. The van der Waals surface area contributed by atoms with Crippen molar-refractivity contribution in [2.45, 2.75) is 66.3 Å². The quantitative estimate of drug-likeness (QED) is 0.590. The number of thiophene rings is 1. The van der Waals surface area contributed by atoms with Crippen LogP contribution in [0.2, 0.25) is 0 Å². The van der Waals surface area contributed by atoms with Crippen molar-refractivity contribution >= 4 is 27.5 Å². The smallest absolute Gasteiger partial charge is 0.327 e. The number of hydrogen-bond donors (Lipinski definition) is 0. The topological polar surface area (TPSA) is 74.1 Å². The minimum atomic E-state index is -0.439. The zero-order valence-electron chi connectivity index (χ0n) is 16.0. The molecule has 2 heterocycles. The molecule has 0 aliphatic heterocycles. The van der Waals surface area contributed by atoms with Gasteiger partial charge in [-0.2, -0.15) is 4.68 Å². The molecule has 0 saturated heterocycles. The number of carbonyl (C=O) groups is 1. The first-order chi connectivity index (χ1) is 12.3. The van der Waals surface area contributed by atoms with Crippen LogP contribution in [-0.2, 0) is 28.9 Å². The molecule has 0 fully saturated rings. The van der Waals surface area contributed by atoms with Crippen molar-refractivity contribution in [2.24, 2.45) is 11.3 Å². The van der Waals surface area contributed by atoms with E-state index in [9.17, 15) is 9.59 Å². The predicted molar refractivity (Wildman–Crippen MR) is 103 cm³/mol. The molecule has 0 saturated carbocycles. The maximum atomic E-state index is 12.9. The van der Waals surface area contributed by atoms with E-state index in [4.69, 9.17) is 4.74 Å². The van der Waals surface area contributed by atoms with E-state index in [1.54, 1.807) is 11.3 Å². The standard InChI is InChI=1S/C19H27N3O3S/c1-5-6-9-25-15(23)11-22-18(24)16-13-8-7-12(19(2,3)4)10-14(13)26-17(16)20-21-22/h12H,5-11H2,1-4H3/t12-/m1/s1. The largest absolute Gasteiger partial charge is 0.464 e. The fourth-order valence-corrected chi connectivity index (χ4v) is 4.70. The first-order valence-corrected chi connectivity index (χ1v) is 10.2. The van der Waals surface area contributed by atoms with Gasteiger partial charge in [0.05, 0.1) is 12.0 Å². The van der Waals surface area contributed by atoms with E-state index < -0.39 is 5.97 Å². The molecule has 3 rings (SSSR count). The predicted octanol–water partition coefficient (Wildman–Crippen LogP) is 3.35. The Morgan fingerprint density at radius 3 is 2.85 bits per heavy atom. The number of nitrogens with zero attached hydrogens (tertiary/aromatic N) is 3. The molecule has 0 aromatic carbocycles. The normalized spacial score (nSPS) is 17.3. The zero-order valence-corrected chi connectivity index (χ0v) is 16.8. The highest BCUT2D eigenvalue weighted by molar-refractivity contribution is 7.18. The summed E-state index contributed by atoms with van der Waals surface area (Å²) in [7, 11) is 0. The monoisotopic (exact) mass is 377 g/mol. The Bertz CT molecular complexity index is 863. The van der Waals surface area contributed by atoms with Gasteiger partial charge in [0.25, 0.3) is 5.56 Å². The second-order valence-corrected chi connectivity index (χ2v) is 9.20. The van der Waals surface area contributed by atoms with Gasteiger partial charge in [0.15, 0.2) is 4.83 Å². The van der Waals surface area contributed by atoms with E-state index in [0.29, 0.717) is 22.7 Å².